The van der Waals surface area contributed by atoms with Crippen LogP contribution in [0.25, 0.3) is 0 Å². The predicted molar refractivity (Wildman–Crippen MR) is 45.6 cm³/mol. The number of aliphatic hydroxyl groups is 1. The van der Waals surface area contributed by atoms with E-state index in [0.29, 0.717) is 5.92 Å². The van der Waals surface area contributed by atoms with Crippen LogP contribution in [0.4, 0.5) is 0 Å². The molecule has 2 unspecified atom stereocenters. The van der Waals surface area contributed by atoms with Crippen molar-refractivity contribution in [2.45, 2.75) is 20.0 Å². The van der Waals surface area contributed by atoms with Crippen molar-refractivity contribution in [3.8, 4) is 0 Å². The fourth-order valence-electron chi connectivity index (χ4n) is 0.681. The van der Waals surface area contributed by atoms with E-state index in [1.807, 2.05) is 13.8 Å². The number of hydrogen-bond donors (Lipinski definition) is 2. The first-order chi connectivity index (χ1) is 5.20. The minimum absolute atomic E-state index is 0.244. The molecule has 68 valence electrons. The van der Waals surface area contributed by atoms with Crippen molar-refractivity contribution in [2.75, 3.05) is 26.8 Å². The standard InChI is InChI=1S/C8H19NO2/c1-7(6-10)4-9-5-8(2)11-3/h7-10H,4-6H2,1-3H3. The highest BCUT2D eigenvalue weighted by Crippen LogP contribution is 1.89. The molecule has 3 heteroatoms. The van der Waals surface area contributed by atoms with Crippen molar-refractivity contribution in [3.63, 3.8) is 0 Å². The molecular formula is C8H19NO2. The van der Waals surface area contributed by atoms with Gasteiger partial charge in [-0.15, -0.1) is 0 Å². The fraction of sp³-hybridized carbons (Fsp3) is 1.00. The van der Waals surface area contributed by atoms with Crippen molar-refractivity contribution in [3.05, 3.63) is 0 Å². The van der Waals surface area contributed by atoms with Gasteiger partial charge in [-0.2, -0.15) is 0 Å². The summed E-state index contributed by atoms with van der Waals surface area (Å²) in [5, 5.41) is 11.9. The lowest BCUT2D eigenvalue weighted by atomic mass is 10.2. The SMILES string of the molecule is COC(C)CNCC(C)CO. The van der Waals surface area contributed by atoms with Crippen LogP contribution in [0, 0.1) is 5.92 Å². The minimum Gasteiger partial charge on any atom is -0.396 e. The van der Waals surface area contributed by atoms with Crippen LogP contribution in [0.3, 0.4) is 0 Å². The molecule has 0 aliphatic rings. The normalized spacial score (nSPS) is 16.4. The van der Waals surface area contributed by atoms with Gasteiger partial charge < -0.3 is 15.2 Å². The molecule has 0 saturated heterocycles. The lowest BCUT2D eigenvalue weighted by Gasteiger charge is -2.12. The first-order valence-corrected chi connectivity index (χ1v) is 4.05. The number of aliphatic hydroxyl groups excluding tert-OH is 1. The van der Waals surface area contributed by atoms with Gasteiger partial charge in [-0.1, -0.05) is 6.92 Å². The molecule has 0 aromatic heterocycles. The summed E-state index contributed by atoms with van der Waals surface area (Å²) in [4.78, 5) is 0. The highest BCUT2D eigenvalue weighted by Gasteiger charge is 2.01. The number of rotatable bonds is 6. The zero-order valence-electron chi connectivity index (χ0n) is 7.63. The quantitative estimate of drug-likeness (QED) is 0.586. The maximum absolute atomic E-state index is 8.69. The van der Waals surface area contributed by atoms with E-state index in [2.05, 4.69) is 5.32 Å². The van der Waals surface area contributed by atoms with Crippen LogP contribution in [0.1, 0.15) is 13.8 Å². The topological polar surface area (TPSA) is 41.5 Å². The van der Waals surface area contributed by atoms with Gasteiger partial charge in [0.1, 0.15) is 0 Å². The summed E-state index contributed by atoms with van der Waals surface area (Å²) in [6, 6.07) is 0. The third-order valence-corrected chi connectivity index (χ3v) is 1.64. The van der Waals surface area contributed by atoms with Crippen LogP contribution in [0.15, 0.2) is 0 Å². The molecule has 2 atom stereocenters. The second kappa shape index (κ2) is 6.58. The lowest BCUT2D eigenvalue weighted by Crippen LogP contribution is -2.30. The van der Waals surface area contributed by atoms with Crippen LogP contribution in [-0.4, -0.2) is 38.0 Å². The van der Waals surface area contributed by atoms with Gasteiger partial charge in [-0.3, -0.25) is 0 Å². The number of ether oxygens (including phenoxy) is 1. The molecule has 2 N–H and O–H groups in total. The van der Waals surface area contributed by atoms with Crippen LogP contribution in [0.2, 0.25) is 0 Å². The van der Waals surface area contributed by atoms with Crippen molar-refractivity contribution >= 4 is 0 Å². The summed E-state index contributed by atoms with van der Waals surface area (Å²) in [5.41, 5.74) is 0. The smallest absolute Gasteiger partial charge is 0.0667 e. The van der Waals surface area contributed by atoms with Gasteiger partial charge in [0.25, 0.3) is 0 Å². The molecule has 3 nitrogen and oxygen atoms in total. The zero-order valence-corrected chi connectivity index (χ0v) is 7.63. The van der Waals surface area contributed by atoms with Crippen LogP contribution in [-0.2, 0) is 4.74 Å². The van der Waals surface area contributed by atoms with E-state index in [4.69, 9.17) is 9.84 Å². The van der Waals surface area contributed by atoms with E-state index in [9.17, 15) is 0 Å². The van der Waals surface area contributed by atoms with Crippen LogP contribution >= 0.6 is 0 Å². The molecule has 0 radical (unpaired) electrons. The fourth-order valence-corrected chi connectivity index (χ4v) is 0.681. The van der Waals surface area contributed by atoms with Gasteiger partial charge in [0.15, 0.2) is 0 Å². The Bertz CT molecular complexity index is 78.2. The maximum Gasteiger partial charge on any atom is 0.0667 e. The second-order valence-corrected chi connectivity index (χ2v) is 2.99. The Balaban J connectivity index is 3.13. The number of hydrogen-bond acceptors (Lipinski definition) is 3. The van der Waals surface area contributed by atoms with Crippen LogP contribution in [0.5, 0.6) is 0 Å². The van der Waals surface area contributed by atoms with E-state index in [1.165, 1.54) is 0 Å². The van der Waals surface area contributed by atoms with Crippen molar-refractivity contribution in [2.24, 2.45) is 5.92 Å². The second-order valence-electron chi connectivity index (χ2n) is 2.99. The van der Waals surface area contributed by atoms with E-state index < -0.39 is 0 Å². The first kappa shape index (κ1) is 10.9. The molecule has 0 aliphatic heterocycles. The summed E-state index contributed by atoms with van der Waals surface area (Å²) < 4.78 is 5.04. The number of methoxy groups -OCH3 is 1. The molecule has 0 aromatic carbocycles. The highest BCUT2D eigenvalue weighted by molar-refractivity contribution is 4.58. The van der Waals surface area contributed by atoms with Crippen LogP contribution < -0.4 is 5.32 Å². The average Bonchev–Trinajstić information content (AvgIpc) is 2.04. The van der Waals surface area contributed by atoms with Crippen molar-refractivity contribution in [1.29, 1.82) is 0 Å². The predicted octanol–water partition coefficient (Wildman–Crippen LogP) is 0.239. The molecule has 0 aliphatic carbocycles. The minimum atomic E-state index is 0.244. The Morgan fingerprint density at radius 1 is 1.36 bits per heavy atom. The summed E-state index contributed by atoms with van der Waals surface area (Å²) in [5.74, 6) is 0.332. The van der Waals surface area contributed by atoms with Gasteiger partial charge in [0.05, 0.1) is 6.10 Å². The largest absolute Gasteiger partial charge is 0.396 e. The van der Waals surface area contributed by atoms with E-state index in [0.717, 1.165) is 13.1 Å². The average molecular weight is 161 g/mol. The molecule has 0 fully saturated rings. The highest BCUT2D eigenvalue weighted by atomic mass is 16.5. The molecule has 0 aromatic rings. The van der Waals surface area contributed by atoms with E-state index in [-0.39, 0.29) is 12.7 Å². The molecule has 0 heterocycles. The summed E-state index contributed by atoms with van der Waals surface area (Å²) in [6.45, 7) is 5.96. The molecule has 0 amide bonds. The third kappa shape index (κ3) is 6.28. The third-order valence-electron chi connectivity index (χ3n) is 1.64. The Morgan fingerprint density at radius 2 is 2.00 bits per heavy atom. The van der Waals surface area contributed by atoms with Gasteiger partial charge >= 0.3 is 0 Å². The lowest BCUT2D eigenvalue weighted by molar-refractivity contribution is 0.115. The molecule has 0 saturated carbocycles. The monoisotopic (exact) mass is 161 g/mol. The first-order valence-electron chi connectivity index (χ1n) is 4.05. The maximum atomic E-state index is 8.69. The van der Waals surface area contributed by atoms with Gasteiger partial charge in [0.2, 0.25) is 0 Å². The Morgan fingerprint density at radius 3 is 2.45 bits per heavy atom. The van der Waals surface area contributed by atoms with E-state index >= 15 is 0 Å². The van der Waals surface area contributed by atoms with Gasteiger partial charge in [0, 0.05) is 20.3 Å². The number of nitrogens with one attached hydrogen (secondary N) is 1. The van der Waals surface area contributed by atoms with Crippen molar-refractivity contribution in [1.82, 2.24) is 5.32 Å². The molecular weight excluding hydrogens is 142 g/mol. The molecule has 11 heavy (non-hydrogen) atoms. The Labute approximate surface area is 68.8 Å². The Hall–Kier alpha value is -0.120. The summed E-state index contributed by atoms with van der Waals surface area (Å²) in [6.07, 6.45) is 0.251. The summed E-state index contributed by atoms with van der Waals surface area (Å²) in [7, 11) is 1.70. The summed E-state index contributed by atoms with van der Waals surface area (Å²) >= 11 is 0. The molecule has 0 rings (SSSR count). The van der Waals surface area contributed by atoms with Gasteiger partial charge in [-0.05, 0) is 19.4 Å². The van der Waals surface area contributed by atoms with Gasteiger partial charge in [-0.25, -0.2) is 0 Å². The molecule has 0 spiro atoms. The van der Waals surface area contributed by atoms with E-state index in [1.54, 1.807) is 7.11 Å². The zero-order chi connectivity index (χ0) is 8.69. The molecule has 0 bridgehead atoms. The van der Waals surface area contributed by atoms with Crippen molar-refractivity contribution < 1.29 is 9.84 Å². The Kier molecular flexibility index (Phi) is 6.51.